The van der Waals surface area contributed by atoms with Gasteiger partial charge in [0.1, 0.15) is 17.4 Å². The van der Waals surface area contributed by atoms with Crippen LogP contribution in [0.3, 0.4) is 0 Å². The summed E-state index contributed by atoms with van der Waals surface area (Å²) in [6.45, 7) is 4.49. The molecular formula is C20H24N4O5. The monoisotopic (exact) mass is 400 g/mol. The fourth-order valence-electron chi connectivity index (χ4n) is 3.72. The van der Waals surface area contributed by atoms with Gasteiger partial charge in [-0.15, -0.1) is 0 Å². The van der Waals surface area contributed by atoms with Crippen LogP contribution in [0.4, 0.5) is 5.95 Å². The van der Waals surface area contributed by atoms with Crippen LogP contribution in [0, 0.1) is 6.92 Å². The van der Waals surface area contributed by atoms with E-state index in [1.54, 1.807) is 37.3 Å². The molecule has 1 unspecified atom stereocenters. The van der Waals surface area contributed by atoms with Crippen molar-refractivity contribution in [3.63, 3.8) is 0 Å². The van der Waals surface area contributed by atoms with Crippen molar-refractivity contribution in [1.29, 1.82) is 0 Å². The Kier molecular flexibility index (Phi) is 5.48. The minimum Gasteiger partial charge on any atom is -0.481 e. The Hall–Kier alpha value is -2.94. The van der Waals surface area contributed by atoms with Gasteiger partial charge in [0.2, 0.25) is 11.8 Å². The number of amides is 1. The van der Waals surface area contributed by atoms with E-state index >= 15 is 0 Å². The first-order chi connectivity index (χ1) is 14.1. The molecule has 1 atom stereocenters. The third kappa shape index (κ3) is 3.95. The summed E-state index contributed by atoms with van der Waals surface area (Å²) in [5.41, 5.74) is 0.118. The highest BCUT2D eigenvalue weighted by atomic mass is 16.5. The molecule has 0 saturated carbocycles. The first-order valence-corrected chi connectivity index (χ1v) is 9.74. The van der Waals surface area contributed by atoms with Crippen LogP contribution in [0.25, 0.3) is 0 Å². The number of ether oxygens (including phenoxy) is 2. The number of methoxy groups -OCH3 is 1. The van der Waals surface area contributed by atoms with Crippen LogP contribution in [0.1, 0.15) is 40.6 Å². The maximum absolute atomic E-state index is 13.0. The lowest BCUT2D eigenvalue weighted by atomic mass is 10.1. The van der Waals surface area contributed by atoms with Crippen molar-refractivity contribution in [2.45, 2.75) is 25.9 Å². The van der Waals surface area contributed by atoms with Crippen molar-refractivity contribution in [2.24, 2.45) is 0 Å². The summed E-state index contributed by atoms with van der Waals surface area (Å²) in [7, 11) is 1.56. The number of hydrogen-bond acceptors (Lipinski definition) is 8. The molecule has 2 aromatic rings. The maximum Gasteiger partial charge on any atom is 0.349 e. The lowest BCUT2D eigenvalue weighted by molar-refractivity contribution is 0.0731. The Bertz CT molecular complexity index is 946. The number of carbonyl (C=O) groups excluding carboxylic acids is 1. The van der Waals surface area contributed by atoms with Crippen molar-refractivity contribution in [3.8, 4) is 5.88 Å². The standard InChI is InChI=1S/C20H24N4O5/c1-13-12-15(14-4-3-11-28-14)29-19(26)17(13)18(25)23-7-9-24(10-8-23)20-21-6-5-16(22-20)27-2/h5-6,12,14H,3-4,7-11H2,1-2H3. The van der Waals surface area contributed by atoms with E-state index in [1.807, 2.05) is 4.90 Å². The summed E-state index contributed by atoms with van der Waals surface area (Å²) in [4.78, 5) is 37.8. The van der Waals surface area contributed by atoms with Crippen LogP contribution in [0.15, 0.2) is 27.5 Å². The summed E-state index contributed by atoms with van der Waals surface area (Å²) in [6, 6.07) is 3.44. The van der Waals surface area contributed by atoms with Crippen molar-refractivity contribution in [1.82, 2.24) is 14.9 Å². The molecule has 4 heterocycles. The first kappa shape index (κ1) is 19.4. The molecule has 2 aromatic heterocycles. The van der Waals surface area contributed by atoms with E-state index in [0.717, 1.165) is 12.8 Å². The van der Waals surface area contributed by atoms with E-state index in [0.29, 0.717) is 55.9 Å². The van der Waals surface area contributed by atoms with Gasteiger partial charge in [0.05, 0.1) is 7.11 Å². The second-order valence-corrected chi connectivity index (χ2v) is 7.17. The summed E-state index contributed by atoms with van der Waals surface area (Å²) < 4.78 is 16.1. The predicted molar refractivity (Wildman–Crippen MR) is 104 cm³/mol. The highest BCUT2D eigenvalue weighted by Gasteiger charge is 2.29. The highest BCUT2D eigenvalue weighted by Crippen LogP contribution is 2.28. The lowest BCUT2D eigenvalue weighted by Gasteiger charge is -2.34. The van der Waals surface area contributed by atoms with E-state index in [-0.39, 0.29) is 17.6 Å². The molecule has 2 saturated heterocycles. The van der Waals surface area contributed by atoms with E-state index in [4.69, 9.17) is 13.9 Å². The van der Waals surface area contributed by atoms with Crippen LogP contribution in [0.5, 0.6) is 5.88 Å². The Morgan fingerprint density at radius 3 is 2.72 bits per heavy atom. The molecule has 2 aliphatic rings. The zero-order chi connectivity index (χ0) is 20.4. The number of anilines is 1. The van der Waals surface area contributed by atoms with Gasteiger partial charge in [-0.2, -0.15) is 4.98 Å². The largest absolute Gasteiger partial charge is 0.481 e. The summed E-state index contributed by atoms with van der Waals surface area (Å²) in [5, 5.41) is 0. The average molecular weight is 400 g/mol. The minimum absolute atomic E-state index is 0.0952. The number of carbonyl (C=O) groups is 1. The second-order valence-electron chi connectivity index (χ2n) is 7.17. The van der Waals surface area contributed by atoms with Crippen molar-refractivity contribution < 1.29 is 18.7 Å². The SMILES string of the molecule is COc1ccnc(N2CCN(C(=O)c3c(C)cc(C4CCCO4)oc3=O)CC2)n1. The van der Waals surface area contributed by atoms with E-state index in [2.05, 4.69) is 9.97 Å². The number of piperazine rings is 1. The number of hydrogen-bond donors (Lipinski definition) is 0. The molecule has 9 nitrogen and oxygen atoms in total. The smallest absolute Gasteiger partial charge is 0.349 e. The van der Waals surface area contributed by atoms with Gasteiger partial charge >= 0.3 is 5.63 Å². The molecule has 0 aromatic carbocycles. The molecule has 0 N–H and O–H groups in total. The van der Waals surface area contributed by atoms with Crippen LogP contribution >= 0.6 is 0 Å². The molecule has 2 fully saturated rings. The van der Waals surface area contributed by atoms with Crippen molar-refractivity contribution in [3.05, 3.63) is 45.6 Å². The molecule has 0 spiro atoms. The van der Waals surface area contributed by atoms with Crippen LogP contribution in [0.2, 0.25) is 0 Å². The normalized spacial score (nSPS) is 19.4. The van der Waals surface area contributed by atoms with Crippen LogP contribution in [-0.2, 0) is 4.74 Å². The van der Waals surface area contributed by atoms with Gasteiger partial charge in [0.15, 0.2) is 0 Å². The van der Waals surface area contributed by atoms with E-state index in [9.17, 15) is 9.59 Å². The third-order valence-electron chi connectivity index (χ3n) is 5.30. The van der Waals surface area contributed by atoms with Gasteiger partial charge < -0.3 is 23.7 Å². The van der Waals surface area contributed by atoms with Gasteiger partial charge in [0, 0.05) is 45.0 Å². The minimum atomic E-state index is -0.598. The van der Waals surface area contributed by atoms with Crippen molar-refractivity contribution >= 4 is 11.9 Å². The van der Waals surface area contributed by atoms with Crippen LogP contribution < -0.4 is 15.3 Å². The lowest BCUT2D eigenvalue weighted by Crippen LogP contribution is -2.50. The van der Waals surface area contributed by atoms with Gasteiger partial charge in [-0.1, -0.05) is 0 Å². The fourth-order valence-corrected chi connectivity index (χ4v) is 3.72. The molecule has 0 radical (unpaired) electrons. The average Bonchev–Trinajstić information content (AvgIpc) is 3.28. The highest BCUT2D eigenvalue weighted by molar-refractivity contribution is 5.95. The molecule has 9 heteroatoms. The molecule has 0 aliphatic carbocycles. The Morgan fingerprint density at radius 2 is 2.07 bits per heavy atom. The van der Waals surface area contributed by atoms with Gasteiger partial charge in [-0.05, 0) is 31.4 Å². The maximum atomic E-state index is 13.0. The second kappa shape index (κ2) is 8.20. The number of nitrogens with zero attached hydrogens (tertiary/aromatic N) is 4. The predicted octanol–water partition coefficient (Wildman–Crippen LogP) is 1.56. The molecule has 29 heavy (non-hydrogen) atoms. The quantitative estimate of drug-likeness (QED) is 0.763. The Labute approximate surface area is 168 Å². The Morgan fingerprint density at radius 1 is 1.28 bits per heavy atom. The number of rotatable bonds is 4. The zero-order valence-corrected chi connectivity index (χ0v) is 16.6. The molecule has 2 aliphatic heterocycles. The topological polar surface area (TPSA) is 98.0 Å². The molecule has 0 bridgehead atoms. The zero-order valence-electron chi connectivity index (χ0n) is 16.6. The summed E-state index contributed by atoms with van der Waals surface area (Å²) in [5.74, 6) is 1.25. The van der Waals surface area contributed by atoms with Crippen molar-refractivity contribution in [2.75, 3.05) is 44.8 Å². The number of aryl methyl sites for hydroxylation is 1. The Balaban J connectivity index is 1.46. The number of aromatic nitrogens is 2. The van der Waals surface area contributed by atoms with Crippen LogP contribution in [-0.4, -0.2) is 60.7 Å². The molecule has 4 rings (SSSR count). The molecular weight excluding hydrogens is 376 g/mol. The third-order valence-corrected chi connectivity index (χ3v) is 5.30. The molecule has 154 valence electrons. The van der Waals surface area contributed by atoms with E-state index < -0.39 is 5.63 Å². The van der Waals surface area contributed by atoms with E-state index in [1.165, 1.54) is 0 Å². The van der Waals surface area contributed by atoms with Gasteiger partial charge in [0.25, 0.3) is 5.91 Å². The summed E-state index contributed by atoms with van der Waals surface area (Å²) >= 11 is 0. The molecule has 1 amide bonds. The van der Waals surface area contributed by atoms with Gasteiger partial charge in [-0.25, -0.2) is 9.78 Å². The summed E-state index contributed by atoms with van der Waals surface area (Å²) in [6.07, 6.45) is 3.21. The van der Waals surface area contributed by atoms with Gasteiger partial charge in [-0.3, -0.25) is 4.79 Å². The first-order valence-electron chi connectivity index (χ1n) is 9.74. The fraction of sp³-hybridized carbons (Fsp3) is 0.500.